The maximum absolute atomic E-state index is 13.5. The van der Waals surface area contributed by atoms with E-state index < -0.39 is 0 Å². The molecule has 5 heteroatoms. The molecule has 3 aromatic rings. The van der Waals surface area contributed by atoms with Gasteiger partial charge in [-0.3, -0.25) is 9.59 Å². The first-order valence-electron chi connectivity index (χ1n) is 10.8. The van der Waals surface area contributed by atoms with Crippen molar-refractivity contribution in [2.45, 2.75) is 33.3 Å². The predicted molar refractivity (Wildman–Crippen MR) is 128 cm³/mol. The molecular formula is C27H26N2O3. The Morgan fingerprint density at radius 2 is 1.50 bits per heavy atom. The number of carbonyl (C=O) groups is 2. The van der Waals surface area contributed by atoms with Crippen LogP contribution in [0.5, 0.6) is 5.75 Å². The average molecular weight is 427 g/mol. The molecule has 5 nitrogen and oxygen atoms in total. The average Bonchev–Trinajstić information content (AvgIpc) is 3.04. The summed E-state index contributed by atoms with van der Waals surface area (Å²) in [5, 5.41) is 3.18. The Bertz CT molecular complexity index is 1150. The van der Waals surface area contributed by atoms with Gasteiger partial charge in [0.15, 0.2) is 0 Å². The minimum atomic E-state index is -0.374. The number of nitrogens with one attached hydrogen (secondary N) is 1. The summed E-state index contributed by atoms with van der Waals surface area (Å²) < 4.78 is 5.72. The third-order valence-corrected chi connectivity index (χ3v) is 5.24. The van der Waals surface area contributed by atoms with E-state index in [4.69, 9.17) is 4.74 Å². The van der Waals surface area contributed by atoms with Gasteiger partial charge in [0.05, 0.1) is 17.4 Å². The summed E-state index contributed by atoms with van der Waals surface area (Å²) in [4.78, 5) is 28.2. The molecule has 0 aromatic heterocycles. The molecule has 0 atom stereocenters. The van der Waals surface area contributed by atoms with Crippen molar-refractivity contribution in [1.29, 1.82) is 0 Å². The lowest BCUT2D eigenvalue weighted by Crippen LogP contribution is -2.32. The topological polar surface area (TPSA) is 58.6 Å². The first-order valence-corrected chi connectivity index (χ1v) is 10.8. The van der Waals surface area contributed by atoms with Crippen molar-refractivity contribution in [2.75, 3.05) is 10.2 Å². The van der Waals surface area contributed by atoms with E-state index >= 15 is 0 Å². The van der Waals surface area contributed by atoms with E-state index in [1.165, 1.54) is 4.90 Å². The molecule has 1 aliphatic rings. The number of rotatable bonds is 7. The quantitative estimate of drug-likeness (QED) is 0.512. The lowest BCUT2D eigenvalue weighted by molar-refractivity contribution is -0.120. The maximum Gasteiger partial charge on any atom is 0.282 e. The fraction of sp³-hybridized carbons (Fsp3) is 0.185. The fourth-order valence-corrected chi connectivity index (χ4v) is 3.67. The highest BCUT2D eigenvalue weighted by atomic mass is 16.5. The molecule has 162 valence electrons. The van der Waals surface area contributed by atoms with Crippen LogP contribution in [0.3, 0.4) is 0 Å². The Balaban J connectivity index is 1.75. The van der Waals surface area contributed by atoms with E-state index in [9.17, 15) is 9.59 Å². The van der Waals surface area contributed by atoms with Gasteiger partial charge in [0.25, 0.3) is 11.8 Å². The second kappa shape index (κ2) is 9.10. The summed E-state index contributed by atoms with van der Waals surface area (Å²) in [6.07, 6.45) is 0.934. The van der Waals surface area contributed by atoms with Crippen molar-refractivity contribution in [2.24, 2.45) is 0 Å². The molecule has 0 radical (unpaired) electrons. The number of aryl methyl sites for hydroxylation is 1. The maximum atomic E-state index is 13.5. The zero-order valence-corrected chi connectivity index (χ0v) is 18.5. The second-order valence-electron chi connectivity index (χ2n) is 7.90. The SMILES string of the molecule is CCc1ccc(N2C(=O)C(Nc3ccccc3)=C(c3ccc(OC(C)C)cc3)C2=O)cc1. The van der Waals surface area contributed by atoms with E-state index in [0.717, 1.165) is 17.7 Å². The molecule has 2 amide bonds. The number of ether oxygens (including phenoxy) is 1. The Labute approximate surface area is 188 Å². The predicted octanol–water partition coefficient (Wildman–Crippen LogP) is 5.43. The lowest BCUT2D eigenvalue weighted by Gasteiger charge is -2.16. The van der Waals surface area contributed by atoms with Gasteiger partial charge in [-0.15, -0.1) is 0 Å². The van der Waals surface area contributed by atoms with Gasteiger partial charge in [-0.05, 0) is 67.8 Å². The number of benzene rings is 3. The van der Waals surface area contributed by atoms with Gasteiger partial charge in [-0.25, -0.2) is 4.90 Å². The molecule has 0 saturated carbocycles. The zero-order chi connectivity index (χ0) is 22.7. The molecule has 0 unspecified atom stereocenters. The van der Waals surface area contributed by atoms with Crippen molar-refractivity contribution in [3.05, 3.63) is 95.7 Å². The molecule has 0 aliphatic carbocycles. The van der Waals surface area contributed by atoms with E-state index in [2.05, 4.69) is 12.2 Å². The smallest absolute Gasteiger partial charge is 0.282 e. The number of imide groups is 1. The largest absolute Gasteiger partial charge is 0.491 e. The Hall–Kier alpha value is -3.86. The van der Waals surface area contributed by atoms with Gasteiger partial charge in [-0.1, -0.05) is 49.4 Å². The highest BCUT2D eigenvalue weighted by molar-refractivity contribution is 6.46. The van der Waals surface area contributed by atoms with Crippen molar-refractivity contribution in [3.8, 4) is 5.75 Å². The molecule has 0 bridgehead atoms. The Kier molecular flexibility index (Phi) is 6.08. The van der Waals surface area contributed by atoms with Crippen molar-refractivity contribution >= 4 is 28.8 Å². The summed E-state index contributed by atoms with van der Waals surface area (Å²) >= 11 is 0. The monoisotopic (exact) mass is 426 g/mol. The third kappa shape index (κ3) is 4.28. The Morgan fingerprint density at radius 1 is 0.844 bits per heavy atom. The summed E-state index contributed by atoms with van der Waals surface area (Å²) in [6.45, 7) is 5.98. The second-order valence-corrected chi connectivity index (χ2v) is 7.90. The van der Waals surface area contributed by atoms with Gasteiger partial charge < -0.3 is 10.1 Å². The minimum Gasteiger partial charge on any atom is -0.491 e. The molecule has 1 N–H and O–H groups in total. The normalized spacial score (nSPS) is 13.8. The minimum absolute atomic E-state index is 0.0478. The molecule has 1 heterocycles. The van der Waals surface area contributed by atoms with Crippen molar-refractivity contribution in [3.63, 3.8) is 0 Å². The molecule has 0 saturated heterocycles. The van der Waals surface area contributed by atoms with Crippen LogP contribution < -0.4 is 15.0 Å². The molecule has 32 heavy (non-hydrogen) atoms. The Morgan fingerprint density at radius 3 is 2.09 bits per heavy atom. The van der Waals surface area contributed by atoms with Crippen LogP contribution in [0, 0.1) is 0 Å². The molecular weight excluding hydrogens is 400 g/mol. The van der Waals surface area contributed by atoms with Crippen LogP contribution in [0.15, 0.2) is 84.6 Å². The lowest BCUT2D eigenvalue weighted by atomic mass is 10.0. The van der Waals surface area contributed by atoms with Crippen LogP contribution in [-0.2, 0) is 16.0 Å². The molecule has 0 spiro atoms. The number of amides is 2. The van der Waals surface area contributed by atoms with E-state index in [0.29, 0.717) is 22.6 Å². The molecule has 3 aromatic carbocycles. The highest BCUT2D eigenvalue weighted by Gasteiger charge is 2.40. The first-order chi connectivity index (χ1) is 15.5. The van der Waals surface area contributed by atoms with E-state index in [-0.39, 0.29) is 23.6 Å². The summed E-state index contributed by atoms with van der Waals surface area (Å²) in [5.74, 6) is -0.0125. The summed E-state index contributed by atoms with van der Waals surface area (Å²) in [7, 11) is 0. The number of para-hydroxylation sites is 1. The van der Waals surface area contributed by atoms with E-state index in [1.54, 1.807) is 0 Å². The van der Waals surface area contributed by atoms with E-state index in [1.807, 2.05) is 92.7 Å². The summed E-state index contributed by atoms with van der Waals surface area (Å²) in [5.41, 5.74) is 3.70. The molecule has 1 aliphatic heterocycles. The number of carbonyl (C=O) groups excluding carboxylic acids is 2. The zero-order valence-electron chi connectivity index (χ0n) is 18.5. The van der Waals surface area contributed by atoms with Crippen LogP contribution >= 0.6 is 0 Å². The van der Waals surface area contributed by atoms with Gasteiger partial charge in [0.2, 0.25) is 0 Å². The van der Waals surface area contributed by atoms with Crippen LogP contribution in [0.4, 0.5) is 11.4 Å². The van der Waals surface area contributed by atoms with Gasteiger partial charge >= 0.3 is 0 Å². The van der Waals surface area contributed by atoms with Crippen LogP contribution in [-0.4, -0.2) is 17.9 Å². The third-order valence-electron chi connectivity index (χ3n) is 5.24. The first kappa shape index (κ1) is 21.4. The van der Waals surface area contributed by atoms with Crippen LogP contribution in [0.1, 0.15) is 31.9 Å². The number of nitrogens with zero attached hydrogens (tertiary/aromatic N) is 1. The van der Waals surface area contributed by atoms with Gasteiger partial charge in [-0.2, -0.15) is 0 Å². The molecule has 0 fully saturated rings. The van der Waals surface area contributed by atoms with Gasteiger partial charge in [0.1, 0.15) is 11.4 Å². The standard InChI is InChI=1S/C27H26N2O3/c1-4-19-10-14-22(15-11-19)29-26(30)24(20-12-16-23(17-13-20)32-18(2)3)25(27(29)31)28-21-8-6-5-7-9-21/h5-18,28H,4H2,1-3H3. The van der Waals surface area contributed by atoms with Crippen molar-refractivity contribution in [1.82, 2.24) is 0 Å². The fourth-order valence-electron chi connectivity index (χ4n) is 3.67. The summed E-state index contributed by atoms with van der Waals surface area (Å²) in [6, 6.07) is 24.2. The van der Waals surface area contributed by atoms with Crippen LogP contribution in [0.25, 0.3) is 5.57 Å². The highest BCUT2D eigenvalue weighted by Crippen LogP contribution is 2.34. The van der Waals surface area contributed by atoms with Gasteiger partial charge in [0, 0.05) is 5.69 Å². The van der Waals surface area contributed by atoms with Crippen molar-refractivity contribution < 1.29 is 14.3 Å². The molecule has 4 rings (SSSR count). The number of hydrogen-bond acceptors (Lipinski definition) is 4. The number of hydrogen-bond donors (Lipinski definition) is 1. The van der Waals surface area contributed by atoms with Crippen LogP contribution in [0.2, 0.25) is 0 Å². The number of anilines is 2.